The summed E-state index contributed by atoms with van der Waals surface area (Å²) in [5.74, 6) is 0. The second kappa shape index (κ2) is 3.45. The molecule has 4 nitrogen and oxygen atoms in total. The van der Waals surface area contributed by atoms with Crippen molar-refractivity contribution in [3.8, 4) is 0 Å². The zero-order valence-electron chi connectivity index (χ0n) is 7.62. The summed E-state index contributed by atoms with van der Waals surface area (Å²) in [7, 11) is -1.49. The van der Waals surface area contributed by atoms with E-state index >= 15 is 0 Å². The average Bonchev–Trinajstić information content (AvgIpc) is 2.30. The SMILES string of the molecule is C[Si](C)(C)OCC1COC(=O)O1. The number of hydrogen-bond acceptors (Lipinski definition) is 4. The smallest absolute Gasteiger partial charge is 0.430 e. The maximum absolute atomic E-state index is 10.5. The highest BCUT2D eigenvalue weighted by Gasteiger charge is 2.27. The molecule has 5 heteroatoms. The minimum atomic E-state index is -1.49. The third-order valence-electron chi connectivity index (χ3n) is 1.35. The molecule has 0 bridgehead atoms. The lowest BCUT2D eigenvalue weighted by Crippen LogP contribution is -2.31. The van der Waals surface area contributed by atoms with Gasteiger partial charge in [0.25, 0.3) is 0 Å². The Bertz CT molecular complexity index is 175. The van der Waals surface area contributed by atoms with Crippen molar-refractivity contribution in [3.63, 3.8) is 0 Å². The molecular formula is C7H14O4Si. The van der Waals surface area contributed by atoms with Gasteiger partial charge in [-0.2, -0.15) is 0 Å². The fourth-order valence-electron chi connectivity index (χ4n) is 0.790. The molecule has 1 heterocycles. The van der Waals surface area contributed by atoms with Gasteiger partial charge in [0.1, 0.15) is 6.61 Å². The average molecular weight is 190 g/mol. The Morgan fingerprint density at radius 2 is 2.25 bits per heavy atom. The lowest BCUT2D eigenvalue weighted by molar-refractivity contribution is 0.0965. The van der Waals surface area contributed by atoms with Crippen molar-refractivity contribution in [2.75, 3.05) is 13.2 Å². The maximum Gasteiger partial charge on any atom is 0.508 e. The summed E-state index contributed by atoms with van der Waals surface area (Å²) >= 11 is 0. The molecule has 0 aromatic heterocycles. The number of carbonyl (C=O) groups excluding carboxylic acids is 1. The van der Waals surface area contributed by atoms with E-state index in [1.54, 1.807) is 0 Å². The molecule has 1 aliphatic heterocycles. The first-order valence-corrected chi connectivity index (χ1v) is 7.35. The highest BCUT2D eigenvalue weighted by Crippen LogP contribution is 2.10. The Labute approximate surface area is 72.9 Å². The van der Waals surface area contributed by atoms with E-state index in [1.165, 1.54) is 0 Å². The first-order chi connectivity index (χ1) is 5.47. The number of cyclic esters (lactones) is 2. The highest BCUT2D eigenvalue weighted by molar-refractivity contribution is 6.69. The lowest BCUT2D eigenvalue weighted by Gasteiger charge is -2.18. The van der Waals surface area contributed by atoms with Gasteiger partial charge in [-0.05, 0) is 19.6 Å². The summed E-state index contributed by atoms with van der Waals surface area (Å²) in [5.41, 5.74) is 0. The molecule has 0 aromatic carbocycles. The Morgan fingerprint density at radius 1 is 1.58 bits per heavy atom. The molecule has 0 radical (unpaired) electrons. The van der Waals surface area contributed by atoms with Crippen molar-refractivity contribution in [2.45, 2.75) is 25.7 Å². The Morgan fingerprint density at radius 3 is 2.67 bits per heavy atom. The van der Waals surface area contributed by atoms with Crippen molar-refractivity contribution in [1.29, 1.82) is 0 Å². The molecule has 1 atom stereocenters. The standard InChI is InChI=1S/C7H14O4Si/c1-12(2,3)10-5-6-4-9-7(8)11-6/h6H,4-5H2,1-3H3. The molecule has 12 heavy (non-hydrogen) atoms. The van der Waals surface area contributed by atoms with Crippen LogP contribution in [0.3, 0.4) is 0 Å². The maximum atomic E-state index is 10.5. The summed E-state index contributed by atoms with van der Waals surface area (Å²) < 4.78 is 14.9. The van der Waals surface area contributed by atoms with Gasteiger partial charge < -0.3 is 13.9 Å². The molecule has 0 aliphatic carbocycles. The van der Waals surface area contributed by atoms with Crippen LogP contribution in [0.4, 0.5) is 4.79 Å². The van der Waals surface area contributed by atoms with Crippen LogP contribution in [0.5, 0.6) is 0 Å². The number of hydrogen-bond donors (Lipinski definition) is 0. The normalized spacial score (nSPS) is 23.6. The van der Waals surface area contributed by atoms with Crippen LogP contribution in [-0.2, 0) is 13.9 Å². The zero-order valence-corrected chi connectivity index (χ0v) is 8.62. The van der Waals surface area contributed by atoms with E-state index in [-0.39, 0.29) is 6.10 Å². The van der Waals surface area contributed by atoms with E-state index in [4.69, 9.17) is 9.16 Å². The topological polar surface area (TPSA) is 44.8 Å². The summed E-state index contributed by atoms with van der Waals surface area (Å²) in [5, 5.41) is 0. The number of rotatable bonds is 3. The minimum absolute atomic E-state index is 0.204. The van der Waals surface area contributed by atoms with Gasteiger partial charge in [0.15, 0.2) is 14.4 Å². The predicted molar refractivity (Wildman–Crippen MR) is 45.5 cm³/mol. The van der Waals surface area contributed by atoms with Gasteiger partial charge in [0.2, 0.25) is 0 Å². The van der Waals surface area contributed by atoms with E-state index in [9.17, 15) is 4.79 Å². The van der Waals surface area contributed by atoms with Gasteiger partial charge in [0, 0.05) is 0 Å². The highest BCUT2D eigenvalue weighted by atomic mass is 28.4. The van der Waals surface area contributed by atoms with Gasteiger partial charge in [-0.3, -0.25) is 0 Å². The Kier molecular flexibility index (Phi) is 2.74. The van der Waals surface area contributed by atoms with Gasteiger partial charge in [0.05, 0.1) is 6.61 Å². The van der Waals surface area contributed by atoms with Crippen LogP contribution in [-0.4, -0.2) is 33.8 Å². The molecule has 1 aliphatic rings. The summed E-state index contributed by atoms with van der Waals surface area (Å²) in [6, 6.07) is 0. The van der Waals surface area contributed by atoms with Gasteiger partial charge in [-0.1, -0.05) is 0 Å². The van der Waals surface area contributed by atoms with Crippen LogP contribution < -0.4 is 0 Å². The van der Waals surface area contributed by atoms with E-state index < -0.39 is 14.5 Å². The molecule has 0 N–H and O–H groups in total. The lowest BCUT2D eigenvalue weighted by atomic mass is 10.4. The van der Waals surface area contributed by atoms with Crippen molar-refractivity contribution in [2.24, 2.45) is 0 Å². The van der Waals surface area contributed by atoms with Crippen LogP contribution >= 0.6 is 0 Å². The Balaban J connectivity index is 2.20. The largest absolute Gasteiger partial charge is 0.508 e. The first-order valence-electron chi connectivity index (χ1n) is 3.95. The Hall–Kier alpha value is -0.553. The molecule has 1 rings (SSSR count). The van der Waals surface area contributed by atoms with Gasteiger partial charge >= 0.3 is 6.16 Å². The quantitative estimate of drug-likeness (QED) is 0.498. The monoisotopic (exact) mass is 190 g/mol. The van der Waals surface area contributed by atoms with E-state index in [0.717, 1.165) is 0 Å². The third kappa shape index (κ3) is 3.23. The molecule has 1 saturated heterocycles. The van der Waals surface area contributed by atoms with Crippen LogP contribution in [0.2, 0.25) is 19.6 Å². The predicted octanol–water partition coefficient (Wildman–Crippen LogP) is 1.37. The van der Waals surface area contributed by atoms with Gasteiger partial charge in [-0.25, -0.2) is 4.79 Å². The van der Waals surface area contributed by atoms with E-state index in [0.29, 0.717) is 13.2 Å². The zero-order chi connectivity index (χ0) is 9.19. The molecule has 0 amide bonds. The fourth-order valence-corrected chi connectivity index (χ4v) is 1.48. The van der Waals surface area contributed by atoms with Gasteiger partial charge in [-0.15, -0.1) is 0 Å². The minimum Gasteiger partial charge on any atom is -0.430 e. The molecule has 0 spiro atoms. The van der Waals surface area contributed by atoms with Crippen LogP contribution in [0.25, 0.3) is 0 Å². The molecule has 0 aromatic rings. The second-order valence-electron chi connectivity index (χ2n) is 3.72. The van der Waals surface area contributed by atoms with Crippen LogP contribution in [0.1, 0.15) is 0 Å². The summed E-state index contributed by atoms with van der Waals surface area (Å²) in [4.78, 5) is 10.5. The van der Waals surface area contributed by atoms with E-state index in [2.05, 4.69) is 24.4 Å². The van der Waals surface area contributed by atoms with Crippen molar-refractivity contribution >= 4 is 14.5 Å². The van der Waals surface area contributed by atoms with Crippen molar-refractivity contribution in [1.82, 2.24) is 0 Å². The summed E-state index contributed by atoms with van der Waals surface area (Å²) in [6.07, 6.45) is -0.789. The molecule has 0 saturated carbocycles. The second-order valence-corrected chi connectivity index (χ2v) is 8.24. The van der Waals surface area contributed by atoms with Crippen molar-refractivity contribution < 1.29 is 18.7 Å². The van der Waals surface area contributed by atoms with Crippen LogP contribution in [0, 0.1) is 0 Å². The number of ether oxygens (including phenoxy) is 2. The first kappa shape index (κ1) is 9.53. The fraction of sp³-hybridized carbons (Fsp3) is 0.857. The molecular weight excluding hydrogens is 176 g/mol. The molecule has 1 unspecified atom stereocenters. The van der Waals surface area contributed by atoms with Crippen molar-refractivity contribution in [3.05, 3.63) is 0 Å². The van der Waals surface area contributed by atoms with Crippen LogP contribution in [0.15, 0.2) is 0 Å². The molecule has 70 valence electrons. The third-order valence-corrected chi connectivity index (χ3v) is 2.38. The number of carbonyl (C=O) groups is 1. The van der Waals surface area contributed by atoms with E-state index in [1.807, 2.05) is 0 Å². The summed E-state index contributed by atoms with van der Waals surface area (Å²) in [6.45, 7) is 7.05. The molecule has 1 fully saturated rings.